The summed E-state index contributed by atoms with van der Waals surface area (Å²) >= 11 is 0. The molecule has 2 aliphatic heterocycles. The minimum Gasteiger partial charge on any atom is -0.381 e. The van der Waals surface area contributed by atoms with Crippen molar-refractivity contribution in [3.05, 3.63) is 0 Å². The molecule has 2 rings (SSSR count). The van der Waals surface area contributed by atoms with Gasteiger partial charge in [-0.3, -0.25) is 4.90 Å². The molecule has 2 saturated heterocycles. The fourth-order valence-electron chi connectivity index (χ4n) is 3.85. The molecule has 1 N–H and O–H groups in total. The summed E-state index contributed by atoms with van der Waals surface area (Å²) < 4.78 is 5.59. The van der Waals surface area contributed by atoms with Crippen LogP contribution in [0.2, 0.25) is 0 Å². The predicted molar refractivity (Wildman–Crippen MR) is 85.1 cm³/mol. The van der Waals surface area contributed by atoms with Crippen molar-refractivity contribution >= 4 is 0 Å². The lowest BCUT2D eigenvalue weighted by atomic mass is 9.83. The van der Waals surface area contributed by atoms with Crippen LogP contribution in [0.15, 0.2) is 0 Å². The molecule has 2 heterocycles. The molecule has 3 atom stereocenters. The van der Waals surface area contributed by atoms with E-state index in [1.807, 2.05) is 0 Å². The smallest absolute Gasteiger partial charge is 0.0507 e. The molecule has 2 aliphatic rings. The van der Waals surface area contributed by atoms with Crippen LogP contribution in [-0.4, -0.2) is 49.3 Å². The zero-order valence-corrected chi connectivity index (χ0v) is 14.0. The Kier molecular flexibility index (Phi) is 5.88. The molecule has 2 fully saturated rings. The van der Waals surface area contributed by atoms with Gasteiger partial charge in [-0.2, -0.15) is 0 Å². The van der Waals surface area contributed by atoms with E-state index in [0.29, 0.717) is 11.6 Å². The lowest BCUT2D eigenvalue weighted by molar-refractivity contribution is 0.00727. The molecule has 3 heteroatoms. The maximum absolute atomic E-state index is 5.59. The topological polar surface area (TPSA) is 24.5 Å². The second-order valence-corrected chi connectivity index (χ2v) is 6.94. The van der Waals surface area contributed by atoms with Crippen molar-refractivity contribution in [1.82, 2.24) is 10.2 Å². The minimum absolute atomic E-state index is 0.368. The van der Waals surface area contributed by atoms with Gasteiger partial charge in [0.25, 0.3) is 0 Å². The van der Waals surface area contributed by atoms with Gasteiger partial charge in [0, 0.05) is 37.8 Å². The number of ether oxygens (including phenoxy) is 1. The molecular formula is C17H34N2O. The Balaban J connectivity index is 2.05. The van der Waals surface area contributed by atoms with Crippen LogP contribution in [0.3, 0.4) is 0 Å². The third-order valence-electron chi connectivity index (χ3n) is 5.93. The van der Waals surface area contributed by atoms with Gasteiger partial charge in [-0.15, -0.1) is 0 Å². The maximum Gasteiger partial charge on any atom is 0.0507 e. The van der Waals surface area contributed by atoms with Crippen LogP contribution in [-0.2, 0) is 4.74 Å². The maximum atomic E-state index is 5.59. The Labute approximate surface area is 125 Å². The highest BCUT2D eigenvalue weighted by atomic mass is 16.5. The molecule has 0 amide bonds. The van der Waals surface area contributed by atoms with Crippen LogP contribution in [0.4, 0.5) is 0 Å². The van der Waals surface area contributed by atoms with Gasteiger partial charge in [-0.25, -0.2) is 0 Å². The van der Waals surface area contributed by atoms with E-state index in [1.54, 1.807) is 0 Å². The van der Waals surface area contributed by atoms with Crippen molar-refractivity contribution in [3.8, 4) is 0 Å². The molecule has 0 aromatic carbocycles. The van der Waals surface area contributed by atoms with E-state index >= 15 is 0 Å². The lowest BCUT2D eigenvalue weighted by Gasteiger charge is -2.51. The average molecular weight is 282 g/mol. The van der Waals surface area contributed by atoms with Crippen molar-refractivity contribution in [2.45, 2.75) is 65.0 Å². The van der Waals surface area contributed by atoms with E-state index in [9.17, 15) is 0 Å². The molecule has 0 aliphatic carbocycles. The fourth-order valence-corrected chi connectivity index (χ4v) is 3.85. The van der Waals surface area contributed by atoms with Crippen molar-refractivity contribution in [1.29, 1.82) is 0 Å². The summed E-state index contributed by atoms with van der Waals surface area (Å²) in [5.74, 6) is 1.52. The number of hydrogen-bond donors (Lipinski definition) is 1. The molecule has 3 unspecified atom stereocenters. The highest BCUT2D eigenvalue weighted by molar-refractivity contribution is 4.99. The van der Waals surface area contributed by atoms with Crippen LogP contribution < -0.4 is 5.32 Å². The van der Waals surface area contributed by atoms with Crippen LogP contribution >= 0.6 is 0 Å². The Hall–Kier alpha value is -0.120. The summed E-state index contributed by atoms with van der Waals surface area (Å²) in [5, 5.41) is 3.84. The molecule has 3 nitrogen and oxygen atoms in total. The first-order valence-electron chi connectivity index (χ1n) is 8.71. The molecule has 118 valence electrons. The van der Waals surface area contributed by atoms with Crippen LogP contribution in [0.1, 0.15) is 53.4 Å². The highest BCUT2D eigenvalue weighted by Gasteiger charge is 2.40. The van der Waals surface area contributed by atoms with Gasteiger partial charge in [0.05, 0.1) is 6.61 Å². The van der Waals surface area contributed by atoms with E-state index in [1.165, 1.54) is 38.8 Å². The normalized spacial score (nSPS) is 32.4. The van der Waals surface area contributed by atoms with E-state index in [-0.39, 0.29) is 0 Å². The highest BCUT2D eigenvalue weighted by Crippen LogP contribution is 2.31. The minimum atomic E-state index is 0.368. The van der Waals surface area contributed by atoms with Gasteiger partial charge in [0.2, 0.25) is 0 Å². The van der Waals surface area contributed by atoms with Gasteiger partial charge in [0.15, 0.2) is 0 Å². The number of hydrogen-bond acceptors (Lipinski definition) is 3. The van der Waals surface area contributed by atoms with Crippen LogP contribution in [0.25, 0.3) is 0 Å². The zero-order valence-electron chi connectivity index (χ0n) is 14.0. The molecule has 20 heavy (non-hydrogen) atoms. The molecule has 0 aromatic rings. The predicted octanol–water partition coefficient (Wildman–Crippen LogP) is 2.90. The Morgan fingerprint density at radius 3 is 2.60 bits per heavy atom. The number of piperazine rings is 1. The summed E-state index contributed by atoms with van der Waals surface area (Å²) in [6.07, 6.45) is 5.01. The summed E-state index contributed by atoms with van der Waals surface area (Å²) in [6.45, 7) is 15.0. The number of nitrogens with zero attached hydrogens (tertiary/aromatic N) is 1. The van der Waals surface area contributed by atoms with Gasteiger partial charge in [-0.05, 0) is 31.1 Å². The van der Waals surface area contributed by atoms with E-state index < -0.39 is 0 Å². The number of nitrogens with one attached hydrogen (secondary N) is 1. The molecule has 0 saturated carbocycles. The third-order valence-corrected chi connectivity index (χ3v) is 5.93. The molecule has 0 bridgehead atoms. The van der Waals surface area contributed by atoms with E-state index in [4.69, 9.17) is 4.74 Å². The van der Waals surface area contributed by atoms with Gasteiger partial charge < -0.3 is 10.1 Å². The Morgan fingerprint density at radius 2 is 2.05 bits per heavy atom. The number of rotatable bonds is 6. The Bertz CT molecular complexity index is 285. The largest absolute Gasteiger partial charge is 0.381 e. The first kappa shape index (κ1) is 16.3. The van der Waals surface area contributed by atoms with Crippen molar-refractivity contribution in [3.63, 3.8) is 0 Å². The molecule has 0 spiro atoms. The van der Waals surface area contributed by atoms with E-state index in [0.717, 1.165) is 31.6 Å². The van der Waals surface area contributed by atoms with E-state index in [2.05, 4.69) is 37.9 Å². The second-order valence-electron chi connectivity index (χ2n) is 6.94. The summed E-state index contributed by atoms with van der Waals surface area (Å²) in [6, 6.07) is 0.661. The van der Waals surface area contributed by atoms with Gasteiger partial charge in [-0.1, -0.05) is 34.1 Å². The van der Waals surface area contributed by atoms with Crippen LogP contribution in [0, 0.1) is 11.8 Å². The van der Waals surface area contributed by atoms with Crippen LogP contribution in [0.5, 0.6) is 0 Å². The monoisotopic (exact) mass is 282 g/mol. The molecular weight excluding hydrogens is 248 g/mol. The van der Waals surface area contributed by atoms with Gasteiger partial charge >= 0.3 is 0 Å². The Morgan fingerprint density at radius 1 is 1.30 bits per heavy atom. The zero-order chi connectivity index (χ0) is 14.6. The second kappa shape index (κ2) is 7.24. The third kappa shape index (κ3) is 3.37. The molecule has 0 radical (unpaired) electrons. The fraction of sp³-hybridized carbons (Fsp3) is 1.00. The summed E-state index contributed by atoms with van der Waals surface area (Å²) in [5.41, 5.74) is 0.368. The quantitative estimate of drug-likeness (QED) is 0.811. The standard InChI is InChI=1S/C17H34N2O/c1-5-14(4)16-11-19(10-15-8-9-20-12-15)17(6-2,7-3)13-18-16/h14-16,18H,5-13H2,1-4H3. The first-order valence-corrected chi connectivity index (χ1v) is 8.71. The SMILES string of the molecule is CCC(C)C1CN(CC2CCOC2)C(CC)(CC)CN1. The van der Waals surface area contributed by atoms with Gasteiger partial charge in [0.1, 0.15) is 0 Å². The van der Waals surface area contributed by atoms with Crippen molar-refractivity contribution < 1.29 is 4.74 Å². The van der Waals surface area contributed by atoms with Crippen molar-refractivity contribution in [2.75, 3.05) is 32.8 Å². The molecule has 0 aromatic heterocycles. The lowest BCUT2D eigenvalue weighted by Crippen LogP contribution is -2.66. The first-order chi connectivity index (χ1) is 9.65. The summed E-state index contributed by atoms with van der Waals surface area (Å²) in [4.78, 5) is 2.81. The average Bonchev–Trinajstić information content (AvgIpc) is 2.99. The summed E-state index contributed by atoms with van der Waals surface area (Å²) in [7, 11) is 0. The van der Waals surface area contributed by atoms with Crippen molar-refractivity contribution in [2.24, 2.45) is 11.8 Å².